The molecule has 0 fully saturated rings. The minimum Gasteiger partial charge on any atom is -0.508 e. The van der Waals surface area contributed by atoms with Gasteiger partial charge in [0.25, 0.3) is 0 Å². The second kappa shape index (κ2) is 12.7. The van der Waals surface area contributed by atoms with Gasteiger partial charge in [-0.2, -0.15) is 0 Å². The van der Waals surface area contributed by atoms with Crippen LogP contribution in [0, 0.1) is 5.41 Å². The maximum atomic E-state index is 9.84. The molecule has 32 heavy (non-hydrogen) atoms. The molecule has 0 unspecified atom stereocenters. The lowest BCUT2D eigenvalue weighted by Crippen LogP contribution is -2.24. The predicted molar refractivity (Wildman–Crippen MR) is 143 cm³/mol. The summed E-state index contributed by atoms with van der Waals surface area (Å²) in [6.45, 7) is 20.5. The number of benzene rings is 3. The lowest BCUT2D eigenvalue weighted by molar-refractivity contribution is 0.278. The van der Waals surface area contributed by atoms with E-state index in [-0.39, 0.29) is 10.8 Å². The zero-order chi connectivity index (χ0) is 24.2. The van der Waals surface area contributed by atoms with Gasteiger partial charge in [0.15, 0.2) is 0 Å². The Kier molecular flexibility index (Phi) is 10.7. The Balaban J connectivity index is 0.000000257. The summed E-state index contributed by atoms with van der Waals surface area (Å²) in [5, 5.41) is 9.84. The largest absolute Gasteiger partial charge is 0.508 e. The predicted octanol–water partition coefficient (Wildman–Crippen LogP) is 9.16. The van der Waals surface area contributed by atoms with E-state index in [0.717, 1.165) is 17.6 Å². The van der Waals surface area contributed by atoms with Gasteiger partial charge in [0.1, 0.15) is 5.75 Å². The van der Waals surface area contributed by atoms with E-state index in [1.165, 1.54) is 11.1 Å². The van der Waals surface area contributed by atoms with Crippen molar-refractivity contribution < 1.29 is 5.11 Å². The van der Waals surface area contributed by atoms with Crippen molar-refractivity contribution in [1.82, 2.24) is 0 Å². The Labute approximate surface area is 196 Å². The summed E-state index contributed by atoms with van der Waals surface area (Å²) in [4.78, 5) is 0. The van der Waals surface area contributed by atoms with Gasteiger partial charge in [-0.3, -0.25) is 0 Å². The summed E-state index contributed by atoms with van der Waals surface area (Å²) < 4.78 is 0. The molecule has 0 bridgehead atoms. The number of phenolic OH excluding ortho intramolecular Hbond substituents is 1. The molecular weight excluding hydrogens is 388 g/mol. The molecule has 3 aromatic carbocycles. The maximum Gasteiger partial charge on any atom is 0.119 e. The van der Waals surface area contributed by atoms with Crippen LogP contribution in [0.25, 0.3) is 11.6 Å². The summed E-state index contributed by atoms with van der Waals surface area (Å²) in [5.41, 5.74) is 4.84. The molecule has 0 saturated carbocycles. The average molecular weight is 429 g/mol. The fraction of sp³-hybridized carbons (Fsp3) is 0.290. The molecule has 0 spiro atoms. The first-order valence-electron chi connectivity index (χ1n) is 11.1. The van der Waals surface area contributed by atoms with E-state index in [2.05, 4.69) is 59.9 Å². The van der Waals surface area contributed by atoms with Crippen LogP contribution in [0.3, 0.4) is 0 Å². The Hall–Kier alpha value is -3.06. The van der Waals surface area contributed by atoms with Crippen LogP contribution < -0.4 is 0 Å². The highest BCUT2D eigenvalue weighted by Crippen LogP contribution is 2.39. The van der Waals surface area contributed by atoms with E-state index in [0.29, 0.717) is 5.75 Å². The fourth-order valence-corrected chi connectivity index (χ4v) is 3.78. The van der Waals surface area contributed by atoms with Gasteiger partial charge < -0.3 is 5.11 Å². The molecule has 1 nitrogen and oxygen atoms in total. The molecule has 0 amide bonds. The molecule has 3 aromatic rings. The lowest BCUT2D eigenvalue weighted by Gasteiger charge is -2.33. The Morgan fingerprint density at radius 1 is 0.781 bits per heavy atom. The molecule has 0 saturated heterocycles. The molecule has 0 atom stereocenters. The van der Waals surface area contributed by atoms with Gasteiger partial charge in [-0.25, -0.2) is 0 Å². The number of rotatable bonds is 4. The van der Waals surface area contributed by atoms with Crippen molar-refractivity contribution in [3.05, 3.63) is 115 Å². The van der Waals surface area contributed by atoms with E-state index >= 15 is 0 Å². The molecule has 0 aliphatic carbocycles. The van der Waals surface area contributed by atoms with Gasteiger partial charge in [0.2, 0.25) is 0 Å². The van der Waals surface area contributed by atoms with Gasteiger partial charge >= 0.3 is 0 Å². The molecule has 1 N–H and O–H groups in total. The van der Waals surface area contributed by atoms with Crippen LogP contribution in [-0.4, -0.2) is 5.11 Å². The SMILES string of the molecule is C=C(C)c1ccccc1.C=Cc1ccccc1.CC(C)(C)CC(C)(C)c1ccccc1O. The van der Waals surface area contributed by atoms with E-state index < -0.39 is 0 Å². The first-order valence-corrected chi connectivity index (χ1v) is 11.1. The van der Waals surface area contributed by atoms with Crippen LogP contribution in [-0.2, 0) is 5.41 Å². The minimum atomic E-state index is 0.0175. The Morgan fingerprint density at radius 2 is 1.25 bits per heavy atom. The Morgan fingerprint density at radius 3 is 1.62 bits per heavy atom. The first kappa shape index (κ1) is 27.0. The van der Waals surface area contributed by atoms with Crippen molar-refractivity contribution in [2.75, 3.05) is 0 Å². The molecule has 3 rings (SSSR count). The standard InChI is InChI=1S/C14H22O.C9H10.C8H8/c1-13(2,3)10-14(4,5)11-8-6-7-9-12(11)15;1-8(2)9-6-4-3-5-7-9;1-2-8-6-4-3-5-7-8/h6-9,15H,10H2,1-5H3;3-7H,1H2,2H3;2-7H,1H2. The summed E-state index contributed by atoms with van der Waals surface area (Å²) in [7, 11) is 0. The zero-order valence-electron chi connectivity index (χ0n) is 20.7. The average Bonchev–Trinajstić information content (AvgIpc) is 2.74. The van der Waals surface area contributed by atoms with Gasteiger partial charge in [0, 0.05) is 0 Å². The molecule has 0 aliphatic rings. The summed E-state index contributed by atoms with van der Waals surface area (Å²) >= 11 is 0. The molecule has 0 radical (unpaired) electrons. The van der Waals surface area contributed by atoms with Crippen molar-refractivity contribution >= 4 is 11.6 Å². The number of hydrogen-bond acceptors (Lipinski definition) is 1. The van der Waals surface area contributed by atoms with Crippen molar-refractivity contribution in [2.45, 2.75) is 53.4 Å². The quantitative estimate of drug-likeness (QED) is 0.439. The smallest absolute Gasteiger partial charge is 0.119 e. The van der Waals surface area contributed by atoms with Crippen LogP contribution in [0.1, 0.15) is 64.7 Å². The van der Waals surface area contributed by atoms with Gasteiger partial charge in [-0.15, -0.1) is 0 Å². The van der Waals surface area contributed by atoms with E-state index in [1.54, 1.807) is 6.07 Å². The number of allylic oxidation sites excluding steroid dienone is 1. The van der Waals surface area contributed by atoms with E-state index in [1.807, 2.05) is 79.7 Å². The second-order valence-corrected chi connectivity index (χ2v) is 9.90. The van der Waals surface area contributed by atoms with E-state index in [4.69, 9.17) is 0 Å². The normalized spacial score (nSPS) is 10.7. The number of aromatic hydroxyl groups is 1. The summed E-state index contributed by atoms with van der Waals surface area (Å²) in [6, 6.07) is 27.8. The van der Waals surface area contributed by atoms with Crippen molar-refractivity contribution in [2.24, 2.45) is 5.41 Å². The molecule has 0 aromatic heterocycles. The van der Waals surface area contributed by atoms with Gasteiger partial charge in [-0.1, -0.05) is 138 Å². The monoisotopic (exact) mass is 428 g/mol. The van der Waals surface area contributed by atoms with Crippen LogP contribution in [0.4, 0.5) is 0 Å². The summed E-state index contributed by atoms with van der Waals surface area (Å²) in [6.07, 6.45) is 2.89. The minimum absolute atomic E-state index is 0.0175. The van der Waals surface area contributed by atoms with E-state index in [9.17, 15) is 5.11 Å². The molecular formula is C31H40O. The van der Waals surface area contributed by atoms with Crippen molar-refractivity contribution in [3.63, 3.8) is 0 Å². The number of phenols is 1. The van der Waals surface area contributed by atoms with Crippen LogP contribution in [0.15, 0.2) is 98.1 Å². The second-order valence-electron chi connectivity index (χ2n) is 9.90. The molecule has 1 heteroatoms. The van der Waals surface area contributed by atoms with Crippen LogP contribution >= 0.6 is 0 Å². The third-order valence-corrected chi connectivity index (χ3v) is 4.91. The number of hydrogen-bond donors (Lipinski definition) is 1. The maximum absolute atomic E-state index is 9.84. The van der Waals surface area contributed by atoms with Gasteiger partial charge in [-0.05, 0) is 46.9 Å². The highest BCUT2D eigenvalue weighted by molar-refractivity contribution is 5.60. The van der Waals surface area contributed by atoms with Crippen LogP contribution in [0.2, 0.25) is 0 Å². The fourth-order valence-electron chi connectivity index (χ4n) is 3.78. The summed E-state index contributed by atoms with van der Waals surface area (Å²) in [5.74, 6) is 0.409. The first-order chi connectivity index (χ1) is 15.0. The molecule has 0 aliphatic heterocycles. The molecule has 0 heterocycles. The van der Waals surface area contributed by atoms with Crippen molar-refractivity contribution in [3.8, 4) is 5.75 Å². The highest BCUT2D eigenvalue weighted by Gasteiger charge is 2.28. The highest BCUT2D eigenvalue weighted by atomic mass is 16.3. The zero-order valence-corrected chi connectivity index (χ0v) is 20.7. The van der Waals surface area contributed by atoms with Crippen molar-refractivity contribution in [1.29, 1.82) is 0 Å². The third-order valence-electron chi connectivity index (χ3n) is 4.91. The number of para-hydroxylation sites is 1. The third kappa shape index (κ3) is 10.3. The van der Waals surface area contributed by atoms with Crippen LogP contribution in [0.5, 0.6) is 5.75 Å². The van der Waals surface area contributed by atoms with Gasteiger partial charge in [0.05, 0.1) is 0 Å². The topological polar surface area (TPSA) is 20.2 Å². The Bertz CT molecular complexity index is 945. The lowest BCUT2D eigenvalue weighted by atomic mass is 9.72. The molecule has 170 valence electrons.